The Kier molecular flexibility index (Phi) is 4.31. The van der Waals surface area contributed by atoms with Crippen molar-refractivity contribution in [1.29, 1.82) is 0 Å². The number of nitrogens with zero attached hydrogens (tertiary/aromatic N) is 2. The number of amides is 2. The van der Waals surface area contributed by atoms with Crippen LogP contribution in [-0.4, -0.2) is 39.3 Å². The van der Waals surface area contributed by atoms with E-state index in [1.165, 1.54) is 4.90 Å². The van der Waals surface area contributed by atoms with Gasteiger partial charge in [0.25, 0.3) is 11.8 Å². The number of benzene rings is 2. The van der Waals surface area contributed by atoms with Crippen molar-refractivity contribution < 1.29 is 23.5 Å². The third kappa shape index (κ3) is 3.09. The van der Waals surface area contributed by atoms with Crippen LogP contribution in [0.3, 0.4) is 0 Å². The lowest BCUT2D eigenvalue weighted by Gasteiger charge is -2.22. The second kappa shape index (κ2) is 6.68. The molecule has 9 heteroatoms. The molecule has 0 saturated carbocycles. The summed E-state index contributed by atoms with van der Waals surface area (Å²) in [5.41, 5.74) is -0.722. The highest BCUT2D eigenvalue weighted by atomic mass is 19.1. The summed E-state index contributed by atoms with van der Waals surface area (Å²) in [5.74, 6) is -3.21. The molecule has 4 rings (SSSR count). The molecular weight excluding hydrogens is 370 g/mol. The van der Waals surface area contributed by atoms with Crippen molar-refractivity contribution in [2.24, 2.45) is 0 Å². The van der Waals surface area contributed by atoms with Gasteiger partial charge in [-0.2, -0.15) is 5.10 Å². The van der Waals surface area contributed by atoms with Gasteiger partial charge in [-0.1, -0.05) is 0 Å². The van der Waals surface area contributed by atoms with E-state index in [-0.39, 0.29) is 25.1 Å². The van der Waals surface area contributed by atoms with Gasteiger partial charge in [0, 0.05) is 36.7 Å². The van der Waals surface area contributed by atoms with Crippen LogP contribution in [0.15, 0.2) is 42.6 Å². The third-order valence-corrected chi connectivity index (χ3v) is 4.78. The molecule has 1 saturated heterocycles. The van der Waals surface area contributed by atoms with Gasteiger partial charge in [-0.05, 0) is 35.9 Å². The molecule has 0 spiro atoms. The molecule has 7 nitrogen and oxygen atoms in total. The number of anilines is 1. The van der Waals surface area contributed by atoms with Gasteiger partial charge in [0.2, 0.25) is 5.60 Å². The molecule has 1 aromatic heterocycles. The van der Waals surface area contributed by atoms with E-state index < -0.39 is 29.0 Å². The molecule has 2 amide bonds. The quantitative estimate of drug-likeness (QED) is 0.594. The van der Waals surface area contributed by atoms with Gasteiger partial charge in [-0.15, -0.1) is 0 Å². The second-order valence-corrected chi connectivity index (χ2v) is 6.67. The van der Waals surface area contributed by atoms with E-state index >= 15 is 0 Å². The number of hydrogen-bond acceptors (Lipinski definition) is 4. The van der Waals surface area contributed by atoms with Crippen LogP contribution in [0.25, 0.3) is 10.9 Å². The fourth-order valence-corrected chi connectivity index (χ4v) is 3.30. The highest BCUT2D eigenvalue weighted by molar-refractivity contribution is 6.16. The van der Waals surface area contributed by atoms with Crippen molar-refractivity contribution in [3.8, 4) is 0 Å². The molecule has 1 fully saturated rings. The molecule has 1 aliphatic rings. The maximum atomic E-state index is 13.2. The molecule has 3 N–H and O–H groups in total. The monoisotopic (exact) mass is 386 g/mol. The number of halogens is 2. The highest BCUT2D eigenvalue weighted by Crippen LogP contribution is 2.30. The predicted molar refractivity (Wildman–Crippen MR) is 96.2 cm³/mol. The van der Waals surface area contributed by atoms with Crippen LogP contribution < -0.4 is 10.2 Å². The lowest BCUT2D eigenvalue weighted by molar-refractivity contribution is -0.149. The van der Waals surface area contributed by atoms with Gasteiger partial charge < -0.3 is 15.3 Å². The predicted octanol–water partition coefficient (Wildman–Crippen LogP) is 1.63. The van der Waals surface area contributed by atoms with Crippen LogP contribution in [-0.2, 0) is 16.1 Å². The number of fused-ring (bicyclic) bond motifs is 1. The van der Waals surface area contributed by atoms with Crippen molar-refractivity contribution in [3.05, 3.63) is 59.8 Å². The molecule has 0 aliphatic carbocycles. The first-order valence-corrected chi connectivity index (χ1v) is 8.57. The summed E-state index contributed by atoms with van der Waals surface area (Å²) in [6.07, 6.45) is 1.51. The van der Waals surface area contributed by atoms with Crippen molar-refractivity contribution in [2.45, 2.75) is 18.6 Å². The normalized spacial score (nSPS) is 19.4. The van der Waals surface area contributed by atoms with Crippen LogP contribution in [0.4, 0.5) is 14.5 Å². The Morgan fingerprint density at radius 1 is 1.25 bits per heavy atom. The number of aromatic amines is 1. The van der Waals surface area contributed by atoms with Crippen LogP contribution in [0, 0.1) is 11.6 Å². The number of aliphatic hydroxyl groups is 1. The zero-order valence-electron chi connectivity index (χ0n) is 14.6. The van der Waals surface area contributed by atoms with E-state index in [1.54, 1.807) is 24.4 Å². The van der Waals surface area contributed by atoms with Crippen molar-refractivity contribution in [2.75, 3.05) is 11.4 Å². The minimum atomic E-state index is -2.24. The zero-order valence-corrected chi connectivity index (χ0v) is 14.6. The Morgan fingerprint density at radius 2 is 2.00 bits per heavy atom. The van der Waals surface area contributed by atoms with Crippen LogP contribution in [0.1, 0.15) is 12.0 Å². The van der Waals surface area contributed by atoms with Crippen LogP contribution >= 0.6 is 0 Å². The van der Waals surface area contributed by atoms with Gasteiger partial charge in [0.05, 0.1) is 11.7 Å². The summed E-state index contributed by atoms with van der Waals surface area (Å²) >= 11 is 0. The third-order valence-electron chi connectivity index (χ3n) is 4.78. The first-order chi connectivity index (χ1) is 13.4. The summed E-state index contributed by atoms with van der Waals surface area (Å²) in [7, 11) is 0. The van der Waals surface area contributed by atoms with Gasteiger partial charge in [-0.3, -0.25) is 14.7 Å². The SMILES string of the molecule is O=C(NCc1cc(F)cc(F)c1)C1(O)CCN(c2ccc3[nH]ncc3c2)C1=O. The van der Waals surface area contributed by atoms with Crippen molar-refractivity contribution in [1.82, 2.24) is 15.5 Å². The Bertz CT molecular complexity index is 1060. The molecule has 28 heavy (non-hydrogen) atoms. The number of aromatic nitrogens is 2. The van der Waals surface area contributed by atoms with E-state index in [9.17, 15) is 23.5 Å². The van der Waals surface area contributed by atoms with Gasteiger partial charge >= 0.3 is 0 Å². The average Bonchev–Trinajstić information content (AvgIpc) is 3.24. The van der Waals surface area contributed by atoms with E-state index in [2.05, 4.69) is 15.5 Å². The highest BCUT2D eigenvalue weighted by Gasteiger charge is 2.51. The maximum absolute atomic E-state index is 13.2. The topological polar surface area (TPSA) is 98.3 Å². The molecule has 144 valence electrons. The minimum Gasteiger partial charge on any atom is -0.372 e. The van der Waals surface area contributed by atoms with E-state index in [0.717, 1.165) is 23.0 Å². The molecule has 0 radical (unpaired) electrons. The summed E-state index contributed by atoms with van der Waals surface area (Å²) in [6.45, 7) is -0.0647. The van der Waals surface area contributed by atoms with E-state index in [1.807, 2.05) is 0 Å². The largest absolute Gasteiger partial charge is 0.372 e. The van der Waals surface area contributed by atoms with Crippen molar-refractivity contribution in [3.63, 3.8) is 0 Å². The summed E-state index contributed by atoms with van der Waals surface area (Å²) in [4.78, 5) is 26.5. The van der Waals surface area contributed by atoms with Gasteiger partial charge in [0.15, 0.2) is 0 Å². The number of rotatable bonds is 4. The smallest absolute Gasteiger partial charge is 0.268 e. The van der Waals surface area contributed by atoms with Gasteiger partial charge in [0.1, 0.15) is 11.6 Å². The summed E-state index contributed by atoms with van der Waals surface area (Å²) < 4.78 is 26.5. The Morgan fingerprint density at radius 3 is 2.75 bits per heavy atom. The molecule has 2 heterocycles. The van der Waals surface area contributed by atoms with E-state index in [4.69, 9.17) is 0 Å². The lowest BCUT2D eigenvalue weighted by Crippen LogP contribution is -2.52. The standard InChI is InChI=1S/C19H16F2N4O3/c20-13-5-11(6-14(21)8-13)9-22-17(26)19(28)3-4-25(18(19)27)15-1-2-16-12(7-15)10-23-24-16/h1-2,5-8,10,28H,3-4,9H2,(H,22,26)(H,23,24). The minimum absolute atomic E-state index is 0.0986. The number of H-pyrrole nitrogens is 1. The zero-order chi connectivity index (χ0) is 19.9. The molecule has 0 bridgehead atoms. The molecule has 1 aliphatic heterocycles. The Hall–Kier alpha value is -3.33. The first-order valence-electron chi connectivity index (χ1n) is 8.57. The maximum Gasteiger partial charge on any atom is 0.268 e. The molecular formula is C19H16F2N4O3. The van der Waals surface area contributed by atoms with Crippen molar-refractivity contribution >= 4 is 28.4 Å². The molecule has 2 aromatic carbocycles. The summed E-state index contributed by atoms with van der Waals surface area (Å²) in [6, 6.07) is 8.02. The average molecular weight is 386 g/mol. The van der Waals surface area contributed by atoms with Crippen LogP contribution in [0.2, 0.25) is 0 Å². The van der Waals surface area contributed by atoms with Crippen LogP contribution in [0.5, 0.6) is 0 Å². The first kappa shape index (κ1) is 18.1. The fraction of sp³-hybridized carbons (Fsp3) is 0.211. The Labute approximate surface area is 158 Å². The summed E-state index contributed by atoms with van der Waals surface area (Å²) in [5, 5.41) is 20.5. The molecule has 3 aromatic rings. The number of carbonyl (C=O) groups is 2. The number of carbonyl (C=O) groups excluding carboxylic acids is 2. The fourth-order valence-electron chi connectivity index (χ4n) is 3.30. The lowest BCUT2D eigenvalue weighted by atomic mass is 10.0. The van der Waals surface area contributed by atoms with E-state index in [0.29, 0.717) is 11.8 Å². The number of hydrogen-bond donors (Lipinski definition) is 3. The number of nitrogens with one attached hydrogen (secondary N) is 2. The second-order valence-electron chi connectivity index (χ2n) is 6.67. The molecule has 1 atom stereocenters. The molecule has 1 unspecified atom stereocenters. The Balaban J connectivity index is 1.49. The van der Waals surface area contributed by atoms with Gasteiger partial charge in [-0.25, -0.2) is 8.78 Å².